The quantitative estimate of drug-likeness (QED) is 0.433. The number of ether oxygens (including phenoxy) is 1. The largest absolute Gasteiger partial charge is 0.444 e. The van der Waals surface area contributed by atoms with Gasteiger partial charge >= 0.3 is 6.09 Å². The van der Waals surface area contributed by atoms with E-state index in [9.17, 15) is 4.79 Å². The zero-order valence-electron chi connectivity index (χ0n) is 10.6. The minimum Gasteiger partial charge on any atom is -0.444 e. The Kier molecular flexibility index (Phi) is 9.07. The maximum Gasteiger partial charge on any atom is 0.407 e. The zero-order chi connectivity index (χ0) is 12.4. The van der Waals surface area contributed by atoms with Gasteiger partial charge in [0.2, 0.25) is 0 Å². The number of nitrogens with one attached hydrogen (secondary N) is 1. The summed E-state index contributed by atoms with van der Waals surface area (Å²) in [7, 11) is 0. The van der Waals surface area contributed by atoms with Crippen LogP contribution in [0.4, 0.5) is 4.79 Å². The Balaban J connectivity index is 3.28. The standard InChI is InChI=1S/C12H24INO2/c1-12(2,3)16-11(15)14-10-8-6-4-5-7-9-13/h4-10H2,1-3H3,(H,14,15). The Hall–Kier alpha value is 0. The molecule has 1 N–H and O–H groups in total. The van der Waals surface area contributed by atoms with Crippen molar-refractivity contribution < 1.29 is 9.53 Å². The number of carbonyl (C=O) groups is 1. The first-order valence-corrected chi connectivity index (χ1v) is 7.51. The highest BCUT2D eigenvalue weighted by molar-refractivity contribution is 14.1. The molecule has 0 atom stereocenters. The number of carbonyl (C=O) groups excluding carboxylic acids is 1. The van der Waals surface area contributed by atoms with Gasteiger partial charge in [-0.25, -0.2) is 4.79 Å². The van der Waals surface area contributed by atoms with Crippen LogP contribution in [0, 0.1) is 0 Å². The summed E-state index contributed by atoms with van der Waals surface area (Å²) in [5.41, 5.74) is -0.398. The molecule has 1 amide bonds. The molecule has 0 rings (SSSR count). The molecule has 0 unspecified atom stereocenters. The minimum absolute atomic E-state index is 0.306. The van der Waals surface area contributed by atoms with E-state index in [2.05, 4.69) is 27.9 Å². The number of halogens is 1. The van der Waals surface area contributed by atoms with E-state index >= 15 is 0 Å². The molecule has 0 heterocycles. The van der Waals surface area contributed by atoms with Crippen molar-refractivity contribution >= 4 is 28.7 Å². The molecule has 0 radical (unpaired) electrons. The predicted molar refractivity (Wildman–Crippen MR) is 76.2 cm³/mol. The van der Waals surface area contributed by atoms with Crippen molar-refractivity contribution in [1.29, 1.82) is 0 Å². The smallest absolute Gasteiger partial charge is 0.407 e. The van der Waals surface area contributed by atoms with Gasteiger partial charge in [0.15, 0.2) is 0 Å². The fourth-order valence-electron chi connectivity index (χ4n) is 1.25. The van der Waals surface area contributed by atoms with Crippen LogP contribution in [-0.2, 0) is 4.74 Å². The Morgan fingerprint density at radius 1 is 1.12 bits per heavy atom. The first kappa shape index (κ1) is 16.0. The van der Waals surface area contributed by atoms with Gasteiger partial charge in [0.05, 0.1) is 0 Å². The van der Waals surface area contributed by atoms with Crippen molar-refractivity contribution in [2.24, 2.45) is 0 Å². The van der Waals surface area contributed by atoms with Crippen LogP contribution < -0.4 is 5.32 Å². The van der Waals surface area contributed by atoms with Crippen LogP contribution in [0.15, 0.2) is 0 Å². The van der Waals surface area contributed by atoms with Crippen molar-refractivity contribution in [3.8, 4) is 0 Å². The number of hydrogen-bond donors (Lipinski definition) is 1. The van der Waals surface area contributed by atoms with E-state index in [4.69, 9.17) is 4.74 Å². The Bertz CT molecular complexity index is 190. The average Bonchev–Trinajstić information content (AvgIpc) is 2.13. The molecule has 0 aliphatic heterocycles. The van der Waals surface area contributed by atoms with Gasteiger partial charge in [0.1, 0.15) is 5.60 Å². The third kappa shape index (κ3) is 12.1. The Morgan fingerprint density at radius 3 is 2.25 bits per heavy atom. The van der Waals surface area contributed by atoms with Gasteiger partial charge < -0.3 is 10.1 Å². The second-order valence-electron chi connectivity index (χ2n) is 4.89. The molecule has 0 bridgehead atoms. The van der Waals surface area contributed by atoms with Crippen LogP contribution in [0.25, 0.3) is 0 Å². The lowest BCUT2D eigenvalue weighted by atomic mass is 10.1. The molecule has 96 valence electrons. The van der Waals surface area contributed by atoms with Crippen molar-refractivity contribution in [3.63, 3.8) is 0 Å². The van der Waals surface area contributed by atoms with Gasteiger partial charge in [-0.05, 0) is 38.0 Å². The molecule has 16 heavy (non-hydrogen) atoms. The van der Waals surface area contributed by atoms with Gasteiger partial charge in [-0.3, -0.25) is 0 Å². The van der Waals surface area contributed by atoms with Crippen LogP contribution in [-0.4, -0.2) is 22.7 Å². The molecule has 0 spiro atoms. The highest BCUT2D eigenvalue weighted by Gasteiger charge is 2.15. The van der Waals surface area contributed by atoms with E-state index in [1.165, 1.54) is 30.1 Å². The second kappa shape index (κ2) is 9.07. The highest BCUT2D eigenvalue weighted by Crippen LogP contribution is 2.07. The molecule has 0 saturated heterocycles. The van der Waals surface area contributed by atoms with E-state index in [0.717, 1.165) is 13.0 Å². The third-order valence-electron chi connectivity index (χ3n) is 1.98. The summed E-state index contributed by atoms with van der Waals surface area (Å²) in [5.74, 6) is 0. The van der Waals surface area contributed by atoms with Gasteiger partial charge in [-0.2, -0.15) is 0 Å². The number of unbranched alkanes of at least 4 members (excludes halogenated alkanes) is 4. The molecule has 0 saturated carbocycles. The van der Waals surface area contributed by atoms with E-state index < -0.39 is 5.60 Å². The second-order valence-corrected chi connectivity index (χ2v) is 5.96. The summed E-state index contributed by atoms with van der Waals surface area (Å²) < 4.78 is 6.38. The molecular formula is C12H24INO2. The SMILES string of the molecule is CC(C)(C)OC(=O)NCCCCCCCI. The van der Waals surface area contributed by atoms with Gasteiger partial charge in [0.25, 0.3) is 0 Å². The lowest BCUT2D eigenvalue weighted by Crippen LogP contribution is -2.32. The highest BCUT2D eigenvalue weighted by atomic mass is 127. The summed E-state index contributed by atoms with van der Waals surface area (Å²) >= 11 is 2.40. The van der Waals surface area contributed by atoms with Crippen LogP contribution in [0.3, 0.4) is 0 Å². The third-order valence-corrected chi connectivity index (χ3v) is 2.74. The summed E-state index contributed by atoms with van der Waals surface area (Å²) in [4.78, 5) is 11.3. The van der Waals surface area contributed by atoms with E-state index in [0.29, 0.717) is 0 Å². The first-order chi connectivity index (χ1) is 7.45. The number of alkyl halides is 1. The molecule has 0 aromatic carbocycles. The van der Waals surface area contributed by atoms with Crippen LogP contribution >= 0.6 is 22.6 Å². The number of rotatable bonds is 7. The van der Waals surface area contributed by atoms with E-state index in [-0.39, 0.29) is 6.09 Å². The molecule has 0 aliphatic carbocycles. The van der Waals surface area contributed by atoms with E-state index in [1.54, 1.807) is 0 Å². The maximum absolute atomic E-state index is 11.3. The molecule has 0 fully saturated rings. The summed E-state index contributed by atoms with van der Waals surface area (Å²) in [6.07, 6.45) is 5.79. The topological polar surface area (TPSA) is 38.3 Å². The fraction of sp³-hybridized carbons (Fsp3) is 0.917. The van der Waals surface area contributed by atoms with Gasteiger partial charge in [0, 0.05) is 6.54 Å². The summed E-state index contributed by atoms with van der Waals surface area (Å²) in [5, 5.41) is 2.77. The fourth-order valence-corrected chi connectivity index (χ4v) is 1.79. The van der Waals surface area contributed by atoms with Crippen LogP contribution in [0.1, 0.15) is 52.9 Å². The molecule has 0 aliphatic rings. The monoisotopic (exact) mass is 341 g/mol. The lowest BCUT2D eigenvalue weighted by molar-refractivity contribution is 0.0527. The van der Waals surface area contributed by atoms with Crippen molar-refractivity contribution in [3.05, 3.63) is 0 Å². The molecule has 0 aromatic heterocycles. The van der Waals surface area contributed by atoms with E-state index in [1.807, 2.05) is 20.8 Å². The van der Waals surface area contributed by atoms with Crippen LogP contribution in [0.5, 0.6) is 0 Å². The number of amides is 1. The van der Waals surface area contributed by atoms with Gasteiger partial charge in [-0.15, -0.1) is 0 Å². The number of hydrogen-bond acceptors (Lipinski definition) is 2. The molecule has 3 nitrogen and oxygen atoms in total. The average molecular weight is 341 g/mol. The lowest BCUT2D eigenvalue weighted by Gasteiger charge is -2.19. The zero-order valence-corrected chi connectivity index (χ0v) is 12.8. The van der Waals surface area contributed by atoms with Crippen molar-refractivity contribution in [2.75, 3.05) is 11.0 Å². The molecular weight excluding hydrogens is 317 g/mol. The minimum atomic E-state index is -0.398. The molecule has 0 aromatic rings. The van der Waals surface area contributed by atoms with Crippen molar-refractivity contribution in [1.82, 2.24) is 5.32 Å². The summed E-state index contributed by atoms with van der Waals surface area (Å²) in [6, 6.07) is 0. The predicted octanol–water partition coefficient (Wildman–Crippen LogP) is 3.90. The summed E-state index contributed by atoms with van der Waals surface area (Å²) in [6.45, 7) is 6.34. The Labute approximate surface area is 113 Å². The van der Waals surface area contributed by atoms with Gasteiger partial charge in [-0.1, -0.05) is 41.9 Å². The maximum atomic E-state index is 11.3. The normalized spacial score (nSPS) is 11.2. The van der Waals surface area contributed by atoms with Crippen LogP contribution in [0.2, 0.25) is 0 Å². The Morgan fingerprint density at radius 2 is 1.69 bits per heavy atom. The first-order valence-electron chi connectivity index (χ1n) is 5.98. The molecule has 4 heteroatoms. The van der Waals surface area contributed by atoms with Crippen molar-refractivity contribution in [2.45, 2.75) is 58.5 Å². The number of alkyl carbamates (subject to hydrolysis) is 1.